The van der Waals surface area contributed by atoms with E-state index in [-0.39, 0.29) is 0 Å². The van der Waals surface area contributed by atoms with Gasteiger partial charge in [-0.3, -0.25) is 0 Å². The van der Waals surface area contributed by atoms with Gasteiger partial charge in [0.1, 0.15) is 0 Å². The molecule has 0 aliphatic carbocycles. The molecule has 2 unspecified atom stereocenters. The van der Waals surface area contributed by atoms with Gasteiger partial charge in [-0.1, -0.05) is 12.1 Å². The van der Waals surface area contributed by atoms with Crippen LogP contribution in [0.4, 0.5) is 11.4 Å². The number of para-hydroxylation sites is 2. The van der Waals surface area contributed by atoms with Crippen molar-refractivity contribution in [3.63, 3.8) is 0 Å². The van der Waals surface area contributed by atoms with Crippen LogP contribution in [0, 0.1) is 0 Å². The Morgan fingerprint density at radius 2 is 2.20 bits per heavy atom. The van der Waals surface area contributed by atoms with Gasteiger partial charge in [0, 0.05) is 12.1 Å². The predicted octanol–water partition coefficient (Wildman–Crippen LogP) is 1.82. The topological polar surface area (TPSA) is 50.1 Å². The molecule has 0 radical (unpaired) electrons. The van der Waals surface area contributed by atoms with E-state index in [0.29, 0.717) is 12.1 Å². The lowest BCUT2D eigenvalue weighted by Crippen LogP contribution is -2.41. The first-order valence-corrected chi connectivity index (χ1v) is 5.60. The molecule has 0 bridgehead atoms. The number of anilines is 2. The molecule has 1 aliphatic rings. The second-order valence-electron chi connectivity index (χ2n) is 4.31. The summed E-state index contributed by atoms with van der Waals surface area (Å²) in [6.07, 6.45) is 2.33. The molecule has 4 N–H and O–H groups in total. The lowest BCUT2D eigenvalue weighted by molar-refractivity contribution is 0.396. The van der Waals surface area contributed by atoms with Gasteiger partial charge >= 0.3 is 0 Å². The quantitative estimate of drug-likeness (QED) is 0.645. The van der Waals surface area contributed by atoms with E-state index in [1.54, 1.807) is 0 Å². The monoisotopic (exact) mass is 205 g/mol. The zero-order chi connectivity index (χ0) is 10.7. The van der Waals surface area contributed by atoms with E-state index in [0.717, 1.165) is 24.3 Å². The first-order chi connectivity index (χ1) is 7.25. The highest BCUT2D eigenvalue weighted by atomic mass is 15.0. The van der Waals surface area contributed by atoms with Crippen LogP contribution in [0.3, 0.4) is 0 Å². The fourth-order valence-corrected chi connectivity index (χ4v) is 2.11. The maximum absolute atomic E-state index is 5.89. The van der Waals surface area contributed by atoms with Crippen LogP contribution in [-0.4, -0.2) is 18.6 Å². The van der Waals surface area contributed by atoms with Crippen LogP contribution in [0.25, 0.3) is 0 Å². The van der Waals surface area contributed by atoms with Gasteiger partial charge in [-0.25, -0.2) is 0 Å². The van der Waals surface area contributed by atoms with Gasteiger partial charge in [0.25, 0.3) is 0 Å². The minimum Gasteiger partial charge on any atom is -0.397 e. The molecular formula is C12H19N3. The summed E-state index contributed by atoms with van der Waals surface area (Å²) in [5.41, 5.74) is 7.80. The molecule has 0 amide bonds. The van der Waals surface area contributed by atoms with Crippen LogP contribution >= 0.6 is 0 Å². The molecule has 1 aromatic rings. The molecule has 1 heterocycles. The predicted molar refractivity (Wildman–Crippen MR) is 65.0 cm³/mol. The minimum atomic E-state index is 0.547. The third-order valence-corrected chi connectivity index (χ3v) is 2.94. The number of hydrogen-bond acceptors (Lipinski definition) is 3. The number of rotatable bonds is 2. The number of nitrogens with two attached hydrogens (primary N) is 1. The molecule has 1 fully saturated rings. The maximum Gasteiger partial charge on any atom is 0.0576 e. The molecule has 15 heavy (non-hydrogen) atoms. The van der Waals surface area contributed by atoms with Crippen LogP contribution in [0.2, 0.25) is 0 Å². The van der Waals surface area contributed by atoms with E-state index in [9.17, 15) is 0 Å². The van der Waals surface area contributed by atoms with E-state index < -0.39 is 0 Å². The van der Waals surface area contributed by atoms with Crippen LogP contribution < -0.4 is 16.4 Å². The molecule has 2 atom stereocenters. The largest absolute Gasteiger partial charge is 0.397 e. The second-order valence-corrected chi connectivity index (χ2v) is 4.31. The van der Waals surface area contributed by atoms with Crippen molar-refractivity contribution in [2.75, 3.05) is 17.6 Å². The Morgan fingerprint density at radius 3 is 2.93 bits per heavy atom. The van der Waals surface area contributed by atoms with Crippen LogP contribution in [0.5, 0.6) is 0 Å². The Balaban J connectivity index is 1.99. The van der Waals surface area contributed by atoms with Crippen LogP contribution in [0.1, 0.15) is 19.8 Å². The van der Waals surface area contributed by atoms with Crippen molar-refractivity contribution in [2.45, 2.75) is 31.8 Å². The summed E-state index contributed by atoms with van der Waals surface area (Å²) in [5.74, 6) is 0. The van der Waals surface area contributed by atoms with Gasteiger partial charge in [-0.05, 0) is 38.4 Å². The smallest absolute Gasteiger partial charge is 0.0576 e. The number of nitrogens with one attached hydrogen (secondary N) is 2. The SMILES string of the molecule is CC1CC(Nc2ccccc2N)CCN1. The Labute approximate surface area is 91.1 Å². The summed E-state index contributed by atoms with van der Waals surface area (Å²) in [7, 11) is 0. The van der Waals surface area contributed by atoms with Crippen molar-refractivity contribution >= 4 is 11.4 Å². The first kappa shape index (κ1) is 10.3. The average Bonchev–Trinajstić information content (AvgIpc) is 2.22. The van der Waals surface area contributed by atoms with Gasteiger partial charge in [0.2, 0.25) is 0 Å². The van der Waals surface area contributed by atoms with Gasteiger partial charge in [0.05, 0.1) is 11.4 Å². The Bertz CT molecular complexity index is 324. The van der Waals surface area contributed by atoms with Gasteiger partial charge < -0.3 is 16.4 Å². The summed E-state index contributed by atoms with van der Waals surface area (Å²) in [6, 6.07) is 9.11. The third-order valence-electron chi connectivity index (χ3n) is 2.94. The van der Waals surface area contributed by atoms with Crippen molar-refractivity contribution in [3.8, 4) is 0 Å². The zero-order valence-corrected chi connectivity index (χ0v) is 9.16. The van der Waals surface area contributed by atoms with Crippen molar-refractivity contribution in [3.05, 3.63) is 24.3 Å². The Hall–Kier alpha value is -1.22. The van der Waals surface area contributed by atoms with E-state index in [4.69, 9.17) is 5.73 Å². The molecule has 1 saturated heterocycles. The molecule has 0 saturated carbocycles. The van der Waals surface area contributed by atoms with Crippen molar-refractivity contribution in [1.82, 2.24) is 5.32 Å². The van der Waals surface area contributed by atoms with Crippen molar-refractivity contribution in [2.24, 2.45) is 0 Å². The summed E-state index contributed by atoms with van der Waals surface area (Å²) in [4.78, 5) is 0. The molecule has 0 spiro atoms. The number of benzene rings is 1. The second kappa shape index (κ2) is 4.53. The van der Waals surface area contributed by atoms with E-state index in [1.165, 1.54) is 6.42 Å². The normalized spacial score (nSPS) is 26.2. The lowest BCUT2D eigenvalue weighted by Gasteiger charge is -2.29. The molecule has 0 aromatic heterocycles. The molecule has 3 heteroatoms. The highest BCUT2D eigenvalue weighted by Gasteiger charge is 2.18. The summed E-state index contributed by atoms with van der Waals surface area (Å²) in [6.45, 7) is 3.31. The Morgan fingerprint density at radius 1 is 1.40 bits per heavy atom. The average molecular weight is 205 g/mol. The fourth-order valence-electron chi connectivity index (χ4n) is 2.11. The fraction of sp³-hybridized carbons (Fsp3) is 0.500. The molecule has 82 valence electrons. The molecule has 1 aliphatic heterocycles. The summed E-state index contributed by atoms with van der Waals surface area (Å²) < 4.78 is 0. The highest BCUT2D eigenvalue weighted by molar-refractivity contribution is 5.65. The molecule has 3 nitrogen and oxygen atoms in total. The zero-order valence-electron chi connectivity index (χ0n) is 9.16. The standard InChI is InChI=1S/C12H19N3/c1-9-8-10(6-7-14-9)15-12-5-3-2-4-11(12)13/h2-5,9-10,14-15H,6-8,13H2,1H3. The summed E-state index contributed by atoms with van der Waals surface area (Å²) >= 11 is 0. The van der Waals surface area contributed by atoms with Crippen LogP contribution in [-0.2, 0) is 0 Å². The minimum absolute atomic E-state index is 0.547. The van der Waals surface area contributed by atoms with Gasteiger partial charge in [0.15, 0.2) is 0 Å². The lowest BCUT2D eigenvalue weighted by atomic mass is 10.0. The number of piperidine rings is 1. The van der Waals surface area contributed by atoms with Gasteiger partial charge in [-0.2, -0.15) is 0 Å². The molecule has 2 rings (SSSR count). The Kier molecular flexibility index (Phi) is 3.11. The maximum atomic E-state index is 5.89. The third kappa shape index (κ3) is 2.63. The van der Waals surface area contributed by atoms with E-state index in [1.807, 2.05) is 24.3 Å². The molecular weight excluding hydrogens is 186 g/mol. The highest BCUT2D eigenvalue weighted by Crippen LogP contribution is 2.21. The molecule has 1 aromatic carbocycles. The van der Waals surface area contributed by atoms with Gasteiger partial charge in [-0.15, -0.1) is 0 Å². The van der Waals surface area contributed by atoms with E-state index in [2.05, 4.69) is 17.6 Å². The number of nitrogen functional groups attached to an aromatic ring is 1. The summed E-state index contributed by atoms with van der Waals surface area (Å²) in [5, 5.41) is 6.96. The number of hydrogen-bond donors (Lipinski definition) is 3. The van der Waals surface area contributed by atoms with Crippen molar-refractivity contribution in [1.29, 1.82) is 0 Å². The van der Waals surface area contributed by atoms with E-state index >= 15 is 0 Å². The first-order valence-electron chi connectivity index (χ1n) is 5.60. The van der Waals surface area contributed by atoms with Crippen LogP contribution in [0.15, 0.2) is 24.3 Å². The van der Waals surface area contributed by atoms with Crippen molar-refractivity contribution < 1.29 is 0 Å².